The predicted molar refractivity (Wildman–Crippen MR) is 133 cm³/mol. The monoisotopic (exact) mass is 562 g/mol. The predicted octanol–water partition coefficient (Wildman–Crippen LogP) is 4.92. The second-order valence-electron chi connectivity index (χ2n) is 9.70. The van der Waals surface area contributed by atoms with E-state index in [1.165, 1.54) is 23.2 Å². The summed E-state index contributed by atoms with van der Waals surface area (Å²) in [5.41, 5.74) is -3.80. The molecule has 2 aromatic heterocycles. The molecule has 39 heavy (non-hydrogen) atoms. The van der Waals surface area contributed by atoms with Crippen LogP contribution in [-0.2, 0) is 10.4 Å². The average Bonchev–Trinajstić information content (AvgIpc) is 3.13. The molecule has 1 aliphatic heterocycles. The smallest absolute Gasteiger partial charge is 0.281 e. The third kappa shape index (κ3) is 4.96. The summed E-state index contributed by atoms with van der Waals surface area (Å²) in [6.07, 6.45) is 1.72. The normalized spacial score (nSPS) is 22.7. The van der Waals surface area contributed by atoms with Gasteiger partial charge in [-0.25, -0.2) is 22.5 Å². The van der Waals surface area contributed by atoms with Gasteiger partial charge < -0.3 is 10.4 Å². The van der Waals surface area contributed by atoms with E-state index >= 15 is 0 Å². The summed E-state index contributed by atoms with van der Waals surface area (Å²) in [5.74, 6) is -3.14. The van der Waals surface area contributed by atoms with Crippen molar-refractivity contribution in [3.8, 4) is 0 Å². The molecule has 5 rings (SSSR count). The van der Waals surface area contributed by atoms with Crippen molar-refractivity contribution in [2.24, 2.45) is 5.92 Å². The number of aromatic nitrogens is 2. The SMILES string of the molecule is O=C(NC1CCC(CN2C(=O)C(O)(c3cc(F)ccc3F)c3cccnc32)CC1)c1cc(Cl)cnc1C(F)F. The number of nitrogens with one attached hydrogen (secondary N) is 1. The van der Waals surface area contributed by atoms with Crippen molar-refractivity contribution in [2.75, 3.05) is 11.4 Å². The van der Waals surface area contributed by atoms with Crippen molar-refractivity contribution in [1.82, 2.24) is 15.3 Å². The Labute approximate surface area is 225 Å². The average molecular weight is 563 g/mol. The van der Waals surface area contributed by atoms with Gasteiger partial charge in [0.2, 0.25) is 5.60 Å². The number of anilines is 1. The van der Waals surface area contributed by atoms with E-state index in [1.807, 2.05) is 0 Å². The van der Waals surface area contributed by atoms with Crippen LogP contribution in [0.4, 0.5) is 23.4 Å². The molecule has 3 aromatic rings. The van der Waals surface area contributed by atoms with Crippen molar-refractivity contribution in [3.05, 3.63) is 87.8 Å². The molecule has 1 fully saturated rings. The van der Waals surface area contributed by atoms with Crippen LogP contribution in [0.3, 0.4) is 0 Å². The number of amides is 2. The number of hydrogen-bond donors (Lipinski definition) is 2. The summed E-state index contributed by atoms with van der Waals surface area (Å²) in [7, 11) is 0. The van der Waals surface area contributed by atoms with Gasteiger partial charge >= 0.3 is 0 Å². The third-order valence-electron chi connectivity index (χ3n) is 7.26. The third-order valence-corrected chi connectivity index (χ3v) is 7.47. The van der Waals surface area contributed by atoms with Gasteiger partial charge in [-0.2, -0.15) is 0 Å². The minimum Gasteiger partial charge on any atom is -0.372 e. The standard InChI is InChI=1S/C27H23ClF4N4O3/c28-15-10-18(22(23(31)32)34-12-15)25(37)35-17-6-3-14(4-7-17)13-36-24-19(2-1-9-33-24)27(39,26(36)38)20-11-16(29)5-8-21(20)30/h1-2,5,8-12,14,17,23,39H,3-4,6-7,13H2,(H,35,37). The lowest BCUT2D eigenvalue weighted by molar-refractivity contribution is -0.132. The van der Waals surface area contributed by atoms with Crippen molar-refractivity contribution in [1.29, 1.82) is 0 Å². The molecular weight excluding hydrogens is 540 g/mol. The molecule has 1 unspecified atom stereocenters. The van der Waals surface area contributed by atoms with Crippen LogP contribution in [0.1, 0.15) is 59.3 Å². The summed E-state index contributed by atoms with van der Waals surface area (Å²) < 4.78 is 55.3. The molecule has 2 amide bonds. The van der Waals surface area contributed by atoms with E-state index < -0.39 is 46.7 Å². The lowest BCUT2D eigenvalue weighted by Crippen LogP contribution is -2.45. The lowest BCUT2D eigenvalue weighted by Gasteiger charge is -2.32. The van der Waals surface area contributed by atoms with E-state index in [-0.39, 0.29) is 40.5 Å². The van der Waals surface area contributed by atoms with Crippen LogP contribution in [0.5, 0.6) is 0 Å². The zero-order valence-electron chi connectivity index (χ0n) is 20.4. The maximum absolute atomic E-state index is 14.7. The van der Waals surface area contributed by atoms with Gasteiger partial charge in [0, 0.05) is 36.1 Å². The molecule has 0 saturated heterocycles. The second kappa shape index (κ2) is 10.5. The Bertz CT molecular complexity index is 1430. The van der Waals surface area contributed by atoms with Gasteiger partial charge in [-0.05, 0) is 68.0 Å². The summed E-state index contributed by atoms with van der Waals surface area (Å²) >= 11 is 5.85. The van der Waals surface area contributed by atoms with E-state index in [0.717, 1.165) is 30.5 Å². The topological polar surface area (TPSA) is 95.4 Å². The highest BCUT2D eigenvalue weighted by Crippen LogP contribution is 2.45. The van der Waals surface area contributed by atoms with Crippen molar-refractivity contribution < 1.29 is 32.3 Å². The van der Waals surface area contributed by atoms with Crippen LogP contribution < -0.4 is 10.2 Å². The van der Waals surface area contributed by atoms with Gasteiger partial charge in [-0.1, -0.05) is 11.6 Å². The van der Waals surface area contributed by atoms with Gasteiger partial charge in [-0.15, -0.1) is 0 Å². The van der Waals surface area contributed by atoms with Crippen molar-refractivity contribution >= 4 is 29.2 Å². The zero-order chi connectivity index (χ0) is 27.9. The molecule has 0 bridgehead atoms. The number of rotatable bonds is 6. The number of pyridine rings is 2. The number of alkyl halides is 2. The molecule has 1 atom stereocenters. The van der Waals surface area contributed by atoms with E-state index in [2.05, 4.69) is 15.3 Å². The maximum Gasteiger partial charge on any atom is 0.281 e. The van der Waals surface area contributed by atoms with Crippen molar-refractivity contribution in [2.45, 2.75) is 43.8 Å². The molecule has 1 saturated carbocycles. The highest BCUT2D eigenvalue weighted by molar-refractivity contribution is 6.30. The highest BCUT2D eigenvalue weighted by Gasteiger charge is 2.53. The first-order valence-corrected chi connectivity index (χ1v) is 12.7. The first-order valence-electron chi connectivity index (χ1n) is 12.3. The number of nitrogens with zero attached hydrogens (tertiary/aromatic N) is 3. The van der Waals surface area contributed by atoms with Gasteiger partial charge in [-0.3, -0.25) is 19.5 Å². The Morgan fingerprint density at radius 3 is 2.59 bits per heavy atom. The van der Waals surface area contributed by atoms with Gasteiger partial charge in [0.1, 0.15) is 23.1 Å². The Morgan fingerprint density at radius 2 is 1.87 bits per heavy atom. The molecule has 2 aliphatic rings. The Hall–Kier alpha value is -3.57. The largest absolute Gasteiger partial charge is 0.372 e. The molecule has 12 heteroatoms. The van der Waals surface area contributed by atoms with Crippen molar-refractivity contribution in [3.63, 3.8) is 0 Å². The van der Waals surface area contributed by atoms with Gasteiger partial charge in [0.15, 0.2) is 0 Å². The quantitative estimate of drug-likeness (QED) is 0.416. The van der Waals surface area contributed by atoms with E-state index in [4.69, 9.17) is 11.6 Å². The van der Waals surface area contributed by atoms with Gasteiger partial charge in [0.25, 0.3) is 18.2 Å². The maximum atomic E-state index is 14.7. The molecule has 7 nitrogen and oxygen atoms in total. The first kappa shape index (κ1) is 27.0. The number of carbonyl (C=O) groups is 2. The number of aliphatic hydroxyl groups is 1. The fourth-order valence-electron chi connectivity index (χ4n) is 5.32. The second-order valence-corrected chi connectivity index (χ2v) is 10.1. The molecule has 204 valence electrons. The lowest BCUT2D eigenvalue weighted by atomic mass is 9.85. The van der Waals surface area contributed by atoms with E-state index in [0.29, 0.717) is 25.7 Å². The Morgan fingerprint density at radius 1 is 1.13 bits per heavy atom. The van der Waals surface area contributed by atoms with Crippen LogP contribution in [-0.4, -0.2) is 39.5 Å². The fraction of sp³-hybridized carbons (Fsp3) is 0.333. The number of benzene rings is 1. The minimum absolute atomic E-state index is 0.0545. The number of carbonyl (C=O) groups excluding carboxylic acids is 2. The summed E-state index contributed by atoms with van der Waals surface area (Å²) in [5, 5.41) is 14.3. The summed E-state index contributed by atoms with van der Waals surface area (Å²) in [6.45, 7) is 0.163. The molecule has 2 N–H and O–H groups in total. The molecule has 0 radical (unpaired) electrons. The van der Waals surface area contributed by atoms with Crippen LogP contribution in [0.25, 0.3) is 0 Å². The summed E-state index contributed by atoms with van der Waals surface area (Å²) in [6, 6.07) is 6.37. The van der Waals surface area contributed by atoms with Crippen LogP contribution in [0, 0.1) is 17.6 Å². The first-order chi connectivity index (χ1) is 18.6. The minimum atomic E-state index is -2.94. The Balaban J connectivity index is 1.29. The molecule has 1 aromatic carbocycles. The van der Waals surface area contributed by atoms with Gasteiger partial charge in [0.05, 0.1) is 10.6 Å². The number of hydrogen-bond acceptors (Lipinski definition) is 5. The zero-order valence-corrected chi connectivity index (χ0v) is 21.1. The summed E-state index contributed by atoms with van der Waals surface area (Å²) in [4.78, 5) is 35.3. The number of fused-ring (bicyclic) bond motifs is 1. The molecule has 0 spiro atoms. The molecular formula is C27H23ClF4N4O3. The van der Waals surface area contributed by atoms with Crippen LogP contribution >= 0.6 is 11.6 Å². The Kier molecular flexibility index (Phi) is 7.30. The molecule has 1 aliphatic carbocycles. The van der Waals surface area contributed by atoms with E-state index in [1.54, 1.807) is 0 Å². The highest BCUT2D eigenvalue weighted by atomic mass is 35.5. The molecule has 3 heterocycles. The number of halogens is 5. The fourth-order valence-corrected chi connectivity index (χ4v) is 5.48. The van der Waals surface area contributed by atoms with E-state index in [9.17, 15) is 32.3 Å². The van der Waals surface area contributed by atoms with Crippen LogP contribution in [0.15, 0.2) is 48.8 Å². The van der Waals surface area contributed by atoms with Crippen LogP contribution in [0.2, 0.25) is 5.02 Å².